The lowest BCUT2D eigenvalue weighted by Gasteiger charge is -2.20. The molecule has 4 aromatic rings. The number of aryl methyl sites for hydroxylation is 1. The first-order chi connectivity index (χ1) is 14.6. The van der Waals surface area contributed by atoms with Crippen molar-refractivity contribution in [2.45, 2.75) is 24.3 Å². The number of hydrogen-bond acceptors (Lipinski definition) is 5. The lowest BCUT2D eigenvalue weighted by molar-refractivity contribution is -0.118. The van der Waals surface area contributed by atoms with Crippen LogP contribution in [0.4, 0.5) is 5.13 Å². The Morgan fingerprint density at radius 3 is 2.80 bits per heavy atom. The molecule has 0 aliphatic carbocycles. The van der Waals surface area contributed by atoms with E-state index < -0.39 is 0 Å². The average molecular weight is 457 g/mol. The number of fused-ring (bicyclic) bond motifs is 1. The van der Waals surface area contributed by atoms with E-state index in [1.807, 2.05) is 47.4 Å². The van der Waals surface area contributed by atoms with Gasteiger partial charge in [0.1, 0.15) is 0 Å². The Morgan fingerprint density at radius 1 is 1.23 bits per heavy atom. The lowest BCUT2D eigenvalue weighted by Crippen LogP contribution is -2.33. The van der Waals surface area contributed by atoms with Gasteiger partial charge in [-0.05, 0) is 48.6 Å². The summed E-state index contributed by atoms with van der Waals surface area (Å²) < 4.78 is 3.00. The molecule has 0 bridgehead atoms. The van der Waals surface area contributed by atoms with Crippen molar-refractivity contribution in [2.75, 3.05) is 17.7 Å². The monoisotopic (exact) mass is 456 g/mol. The number of thiazole rings is 1. The van der Waals surface area contributed by atoms with Crippen LogP contribution in [0.1, 0.15) is 12.0 Å². The standard InChI is InChI=1S/C22H21ClN4OS2/c1-29-18-6-3-16(4-7-18)13-21(28)27(11-2-10-26-12-9-24-15-26)22-25-19-8-5-17(23)14-20(19)30-22/h3-9,12,14-15H,2,10-11,13H2,1H3. The number of benzene rings is 2. The molecule has 5 nitrogen and oxygen atoms in total. The van der Waals surface area contributed by atoms with E-state index in [2.05, 4.69) is 17.1 Å². The topological polar surface area (TPSA) is 51.0 Å². The van der Waals surface area contributed by atoms with E-state index in [-0.39, 0.29) is 5.91 Å². The SMILES string of the molecule is CSc1ccc(CC(=O)N(CCCn2ccnc2)c2nc3ccc(Cl)cc3s2)cc1. The summed E-state index contributed by atoms with van der Waals surface area (Å²) in [5.41, 5.74) is 1.86. The van der Waals surface area contributed by atoms with Crippen LogP contribution in [0.5, 0.6) is 0 Å². The maximum Gasteiger partial charge on any atom is 0.233 e. The number of anilines is 1. The highest BCUT2D eigenvalue weighted by Gasteiger charge is 2.20. The molecular weight excluding hydrogens is 436 g/mol. The summed E-state index contributed by atoms with van der Waals surface area (Å²) >= 11 is 9.32. The van der Waals surface area contributed by atoms with Crippen LogP contribution >= 0.6 is 34.7 Å². The van der Waals surface area contributed by atoms with Gasteiger partial charge in [-0.25, -0.2) is 9.97 Å². The van der Waals surface area contributed by atoms with Gasteiger partial charge >= 0.3 is 0 Å². The summed E-state index contributed by atoms with van der Waals surface area (Å²) in [5.74, 6) is 0.0442. The maximum atomic E-state index is 13.2. The summed E-state index contributed by atoms with van der Waals surface area (Å²) in [6.45, 7) is 1.39. The van der Waals surface area contributed by atoms with E-state index in [1.54, 1.807) is 29.2 Å². The first kappa shape index (κ1) is 20.9. The van der Waals surface area contributed by atoms with E-state index in [9.17, 15) is 4.79 Å². The zero-order valence-corrected chi connectivity index (χ0v) is 18.9. The summed E-state index contributed by atoms with van der Waals surface area (Å²) in [7, 11) is 0. The molecule has 0 aliphatic heterocycles. The summed E-state index contributed by atoms with van der Waals surface area (Å²) in [4.78, 5) is 25.0. The van der Waals surface area contributed by atoms with Gasteiger partial charge in [-0.3, -0.25) is 9.69 Å². The van der Waals surface area contributed by atoms with Crippen molar-refractivity contribution < 1.29 is 4.79 Å². The molecule has 154 valence electrons. The van der Waals surface area contributed by atoms with E-state index in [0.29, 0.717) is 23.1 Å². The number of halogens is 1. The van der Waals surface area contributed by atoms with Crippen LogP contribution in [0.3, 0.4) is 0 Å². The molecule has 2 aromatic carbocycles. The van der Waals surface area contributed by atoms with Crippen molar-refractivity contribution in [2.24, 2.45) is 0 Å². The van der Waals surface area contributed by atoms with Crippen molar-refractivity contribution in [3.05, 3.63) is 71.8 Å². The number of rotatable bonds is 8. The molecule has 0 N–H and O–H groups in total. The first-order valence-electron chi connectivity index (χ1n) is 9.57. The molecule has 30 heavy (non-hydrogen) atoms. The van der Waals surface area contributed by atoms with Crippen LogP contribution in [-0.4, -0.2) is 33.2 Å². The fourth-order valence-electron chi connectivity index (χ4n) is 3.17. The molecule has 0 atom stereocenters. The van der Waals surface area contributed by atoms with Crippen molar-refractivity contribution >= 4 is 56.0 Å². The molecule has 8 heteroatoms. The number of nitrogens with zero attached hydrogens (tertiary/aromatic N) is 4. The van der Waals surface area contributed by atoms with Gasteiger partial charge in [-0.2, -0.15) is 0 Å². The molecule has 2 aromatic heterocycles. The highest BCUT2D eigenvalue weighted by Crippen LogP contribution is 2.31. The second kappa shape index (κ2) is 9.64. The van der Waals surface area contributed by atoms with E-state index >= 15 is 0 Å². The molecule has 0 saturated heterocycles. The second-order valence-corrected chi connectivity index (χ2v) is 9.16. The molecule has 1 amide bonds. The molecule has 2 heterocycles. The van der Waals surface area contributed by atoms with Crippen molar-refractivity contribution in [3.8, 4) is 0 Å². The van der Waals surface area contributed by atoms with Gasteiger partial charge in [0.05, 0.1) is 23.0 Å². The fourth-order valence-corrected chi connectivity index (χ4v) is 4.87. The minimum absolute atomic E-state index is 0.0442. The largest absolute Gasteiger partial charge is 0.337 e. The predicted octanol–water partition coefficient (Wildman–Crippen LogP) is 5.53. The lowest BCUT2D eigenvalue weighted by atomic mass is 10.1. The number of thioether (sulfide) groups is 1. The van der Waals surface area contributed by atoms with Crippen LogP contribution in [0.25, 0.3) is 10.2 Å². The molecule has 0 aliphatic rings. The molecule has 0 radical (unpaired) electrons. The molecule has 0 fully saturated rings. The van der Waals surface area contributed by atoms with Crippen LogP contribution < -0.4 is 4.90 Å². The quantitative estimate of drug-likeness (QED) is 0.327. The van der Waals surface area contributed by atoms with Crippen LogP contribution in [0, 0.1) is 0 Å². The van der Waals surface area contributed by atoms with Gasteiger partial charge in [0.25, 0.3) is 0 Å². The Labute approximate surface area is 188 Å². The number of carbonyl (C=O) groups is 1. The predicted molar refractivity (Wildman–Crippen MR) is 126 cm³/mol. The minimum atomic E-state index is 0.0442. The number of imidazole rings is 1. The van der Waals surface area contributed by atoms with Crippen LogP contribution in [-0.2, 0) is 17.8 Å². The summed E-state index contributed by atoms with van der Waals surface area (Å²) in [5, 5.41) is 1.38. The summed E-state index contributed by atoms with van der Waals surface area (Å²) in [6, 6.07) is 13.8. The molecule has 4 rings (SSSR count). The average Bonchev–Trinajstić information content (AvgIpc) is 3.41. The Balaban J connectivity index is 1.55. The van der Waals surface area contributed by atoms with Crippen LogP contribution in [0.15, 0.2) is 66.1 Å². The minimum Gasteiger partial charge on any atom is -0.337 e. The zero-order valence-electron chi connectivity index (χ0n) is 16.5. The highest BCUT2D eigenvalue weighted by atomic mass is 35.5. The Morgan fingerprint density at radius 2 is 2.07 bits per heavy atom. The third-order valence-electron chi connectivity index (χ3n) is 4.74. The highest BCUT2D eigenvalue weighted by molar-refractivity contribution is 7.98. The van der Waals surface area contributed by atoms with Gasteiger partial charge in [-0.1, -0.05) is 35.1 Å². The van der Waals surface area contributed by atoms with Crippen molar-refractivity contribution in [1.82, 2.24) is 14.5 Å². The smallest absolute Gasteiger partial charge is 0.233 e. The van der Waals surface area contributed by atoms with Gasteiger partial charge in [-0.15, -0.1) is 11.8 Å². The number of hydrogen-bond donors (Lipinski definition) is 0. The normalized spacial score (nSPS) is 11.1. The Hall–Kier alpha value is -2.35. The summed E-state index contributed by atoms with van der Waals surface area (Å²) in [6.07, 6.45) is 8.68. The van der Waals surface area contributed by atoms with Gasteiger partial charge in [0.2, 0.25) is 5.91 Å². The molecule has 0 unspecified atom stereocenters. The maximum absolute atomic E-state index is 13.2. The van der Waals surface area contributed by atoms with Crippen LogP contribution in [0.2, 0.25) is 5.02 Å². The molecular formula is C22H21ClN4OS2. The molecule has 0 saturated carbocycles. The zero-order chi connectivity index (χ0) is 20.9. The third-order valence-corrected chi connectivity index (χ3v) is 6.76. The van der Waals surface area contributed by atoms with E-state index in [1.165, 1.54) is 16.2 Å². The Bertz CT molecular complexity index is 1130. The number of aromatic nitrogens is 3. The second-order valence-electron chi connectivity index (χ2n) is 6.83. The fraction of sp³-hybridized carbons (Fsp3) is 0.227. The van der Waals surface area contributed by atoms with Gasteiger partial charge < -0.3 is 4.57 Å². The number of carbonyl (C=O) groups excluding carboxylic acids is 1. The number of amides is 1. The van der Waals surface area contributed by atoms with Gasteiger partial charge in [0.15, 0.2) is 5.13 Å². The third kappa shape index (κ3) is 5.03. The molecule has 0 spiro atoms. The van der Waals surface area contributed by atoms with Gasteiger partial charge in [0, 0.05) is 35.4 Å². The van der Waals surface area contributed by atoms with E-state index in [4.69, 9.17) is 16.6 Å². The van der Waals surface area contributed by atoms with E-state index in [0.717, 1.165) is 28.7 Å². The van der Waals surface area contributed by atoms with Crippen molar-refractivity contribution in [3.63, 3.8) is 0 Å². The Kier molecular flexibility index (Phi) is 6.72. The van der Waals surface area contributed by atoms with Crippen molar-refractivity contribution in [1.29, 1.82) is 0 Å². The first-order valence-corrected chi connectivity index (χ1v) is 12.0.